The first-order chi connectivity index (χ1) is 28.4. The second kappa shape index (κ2) is 15.9. The van der Waals surface area contributed by atoms with Crippen molar-refractivity contribution in [3.8, 4) is 5.00 Å². The molecule has 2 aromatic heterocycles. The number of halogens is 1. The van der Waals surface area contributed by atoms with Gasteiger partial charge in [-0.2, -0.15) is 0 Å². The summed E-state index contributed by atoms with van der Waals surface area (Å²) in [5, 5.41) is 20.8. The Hall–Kier alpha value is -4.96. The summed E-state index contributed by atoms with van der Waals surface area (Å²) in [6, 6.07) is 12.0. The van der Waals surface area contributed by atoms with Gasteiger partial charge in [-0.1, -0.05) is 23.7 Å². The monoisotopic (exact) mass is 837 g/mol. The number of carbonyl (C=O) groups is 5. The van der Waals surface area contributed by atoms with Gasteiger partial charge < -0.3 is 15.1 Å². The first kappa shape index (κ1) is 39.5. The van der Waals surface area contributed by atoms with E-state index < -0.39 is 29.7 Å². The van der Waals surface area contributed by atoms with Crippen LogP contribution >= 0.6 is 22.9 Å². The lowest BCUT2D eigenvalue weighted by Gasteiger charge is -2.37. The third-order valence-electron chi connectivity index (χ3n) is 12.9. The molecule has 9 rings (SSSR count). The van der Waals surface area contributed by atoms with E-state index in [0.717, 1.165) is 78.1 Å². The molecule has 5 aliphatic heterocycles. The van der Waals surface area contributed by atoms with Crippen molar-refractivity contribution in [2.24, 2.45) is 5.92 Å². The van der Waals surface area contributed by atoms with E-state index in [-0.39, 0.29) is 48.9 Å². The average Bonchev–Trinajstić information content (AvgIpc) is 3.81. The van der Waals surface area contributed by atoms with E-state index >= 15 is 0 Å². The van der Waals surface area contributed by atoms with Crippen LogP contribution in [0.2, 0.25) is 5.02 Å². The maximum Gasteiger partial charge on any atom is 0.262 e. The van der Waals surface area contributed by atoms with Crippen molar-refractivity contribution >= 4 is 58.2 Å². The van der Waals surface area contributed by atoms with Crippen LogP contribution in [0.4, 0.5) is 5.69 Å². The number of rotatable bonds is 8. The number of likely N-dealkylation sites (tertiary alicyclic amines) is 1. The molecule has 2 unspecified atom stereocenters. The average molecular weight is 838 g/mol. The maximum atomic E-state index is 14.1. The number of aryl methyl sites for hydroxylation is 2. The van der Waals surface area contributed by atoms with Crippen molar-refractivity contribution in [3.63, 3.8) is 0 Å². The van der Waals surface area contributed by atoms with E-state index in [4.69, 9.17) is 11.6 Å². The molecule has 5 amide bonds. The predicted octanol–water partition coefficient (Wildman–Crippen LogP) is 4.93. The van der Waals surface area contributed by atoms with E-state index in [1.165, 1.54) is 16.0 Å². The highest BCUT2D eigenvalue weighted by atomic mass is 35.5. The summed E-state index contributed by atoms with van der Waals surface area (Å²) in [5.74, 6) is 0.0931. The van der Waals surface area contributed by atoms with Crippen LogP contribution in [0.3, 0.4) is 0 Å². The first-order valence-corrected chi connectivity index (χ1v) is 21.8. The van der Waals surface area contributed by atoms with Gasteiger partial charge in [0.2, 0.25) is 17.7 Å². The highest BCUT2D eigenvalue weighted by molar-refractivity contribution is 7.14. The molecule has 3 saturated heterocycles. The summed E-state index contributed by atoms with van der Waals surface area (Å²) >= 11 is 8.03. The molecular formula is C43H48ClN9O5S. The smallest absolute Gasteiger partial charge is 0.262 e. The molecule has 5 aliphatic rings. The number of benzene rings is 2. The second-order valence-electron chi connectivity index (χ2n) is 16.5. The van der Waals surface area contributed by atoms with E-state index in [1.807, 2.05) is 30.0 Å². The minimum Gasteiger partial charge on any atom is -0.370 e. The summed E-state index contributed by atoms with van der Waals surface area (Å²) in [7, 11) is 0. The van der Waals surface area contributed by atoms with Crippen molar-refractivity contribution in [1.82, 2.24) is 40.5 Å². The zero-order chi connectivity index (χ0) is 41.1. The fraction of sp³-hybridized carbons (Fsp3) is 0.465. The molecule has 7 heterocycles. The molecule has 59 heavy (non-hydrogen) atoms. The standard InChI is InChI=1S/C43H48ClN9O5S/c1-23-24(2)59-43-37(23)38(27-6-8-28(44)9-7-27)46-33(39-49-48-25(3)52(39)43)20-36(55)50-17-14-26(15-18-50)21-45-29-5-4-16-51(22-29)30-10-11-31-32(19-30)42(58)53(41(31)57)34-12-13-35(54)47-40(34)56/h6-11,19,26,29,33-34,38,45-46H,4-5,12-18,20-22H2,1-3H3,(H,47,54,56)/t29-,33?,34?,38-/m0/s1. The Bertz CT molecular complexity index is 2350. The van der Waals surface area contributed by atoms with Gasteiger partial charge in [0.1, 0.15) is 16.9 Å². The summed E-state index contributed by atoms with van der Waals surface area (Å²) < 4.78 is 2.13. The molecule has 4 atom stereocenters. The number of anilines is 1. The van der Waals surface area contributed by atoms with Gasteiger partial charge in [-0.3, -0.25) is 44.1 Å². The van der Waals surface area contributed by atoms with Crippen molar-refractivity contribution in [1.29, 1.82) is 0 Å². The molecule has 0 spiro atoms. The lowest BCUT2D eigenvalue weighted by Crippen LogP contribution is -2.54. The normalized spacial score (nSPS) is 23.6. The summed E-state index contributed by atoms with van der Waals surface area (Å²) in [5.41, 5.74) is 4.93. The Balaban J connectivity index is 0.806. The maximum absolute atomic E-state index is 14.1. The molecular weight excluding hydrogens is 790 g/mol. The third kappa shape index (κ3) is 7.36. The zero-order valence-corrected chi connectivity index (χ0v) is 35.0. The highest BCUT2D eigenvalue weighted by Gasteiger charge is 2.45. The van der Waals surface area contributed by atoms with Crippen molar-refractivity contribution in [3.05, 3.63) is 91.8 Å². The lowest BCUT2D eigenvalue weighted by molar-refractivity contribution is -0.136. The van der Waals surface area contributed by atoms with Crippen LogP contribution in [0.25, 0.3) is 5.00 Å². The van der Waals surface area contributed by atoms with Gasteiger partial charge in [-0.05, 0) is 107 Å². The van der Waals surface area contributed by atoms with Crippen LogP contribution in [-0.4, -0.2) is 98.9 Å². The van der Waals surface area contributed by atoms with E-state index in [0.29, 0.717) is 29.6 Å². The third-order valence-corrected chi connectivity index (χ3v) is 14.3. The minimum atomic E-state index is -0.986. The number of nitrogens with one attached hydrogen (secondary N) is 3. The zero-order valence-electron chi connectivity index (χ0n) is 33.4. The van der Waals surface area contributed by atoms with Crippen LogP contribution in [0.5, 0.6) is 0 Å². The minimum absolute atomic E-state index is 0.0848. The lowest BCUT2D eigenvalue weighted by atomic mass is 9.94. The molecule has 14 nitrogen and oxygen atoms in total. The van der Waals surface area contributed by atoms with Gasteiger partial charge in [0.25, 0.3) is 11.8 Å². The molecule has 2 aromatic carbocycles. The largest absolute Gasteiger partial charge is 0.370 e. The number of piperidine rings is 3. The van der Waals surface area contributed by atoms with Crippen LogP contribution in [0.1, 0.15) is 111 Å². The molecule has 0 saturated carbocycles. The van der Waals surface area contributed by atoms with E-state index in [1.54, 1.807) is 23.5 Å². The summed E-state index contributed by atoms with van der Waals surface area (Å²) in [4.78, 5) is 71.4. The van der Waals surface area contributed by atoms with Crippen molar-refractivity contribution < 1.29 is 24.0 Å². The molecule has 4 aromatic rings. The number of hydrogen-bond donors (Lipinski definition) is 3. The number of thiophene rings is 1. The predicted molar refractivity (Wildman–Crippen MR) is 223 cm³/mol. The number of carbonyl (C=O) groups excluding carboxylic acids is 5. The Morgan fingerprint density at radius 1 is 0.932 bits per heavy atom. The van der Waals surface area contributed by atoms with Gasteiger partial charge in [0, 0.05) is 66.2 Å². The van der Waals surface area contributed by atoms with Crippen LogP contribution in [-0.2, 0) is 14.4 Å². The Labute approximate surface area is 351 Å². The number of amides is 5. The molecule has 308 valence electrons. The molecule has 0 bridgehead atoms. The van der Waals surface area contributed by atoms with E-state index in [2.05, 4.69) is 61.6 Å². The number of hydrogen-bond acceptors (Lipinski definition) is 11. The molecule has 3 fully saturated rings. The summed E-state index contributed by atoms with van der Waals surface area (Å²) in [6.07, 6.45) is 4.32. The Kier molecular flexibility index (Phi) is 10.6. The quantitative estimate of drug-likeness (QED) is 0.208. The topological polar surface area (TPSA) is 162 Å². The fourth-order valence-electron chi connectivity index (χ4n) is 9.47. The van der Waals surface area contributed by atoms with Crippen LogP contribution in [0.15, 0.2) is 42.5 Å². The SMILES string of the molecule is Cc1sc2c(c1C)[C@H](c1ccc(Cl)cc1)NC(CC(=O)N1CCC(CN[C@H]3CCCN(c4ccc5c(c4)C(=O)N(C4CCC(=O)NC4=O)C5=O)C3)CC1)c1nnc(C)n1-2. The van der Waals surface area contributed by atoms with Gasteiger partial charge >= 0.3 is 0 Å². The van der Waals surface area contributed by atoms with Gasteiger partial charge in [0.05, 0.1) is 23.2 Å². The van der Waals surface area contributed by atoms with Gasteiger partial charge in [-0.15, -0.1) is 21.5 Å². The number of fused-ring (bicyclic) bond motifs is 4. The van der Waals surface area contributed by atoms with Crippen molar-refractivity contribution in [2.75, 3.05) is 37.6 Å². The molecule has 0 radical (unpaired) electrons. The van der Waals surface area contributed by atoms with Crippen LogP contribution in [0, 0.1) is 26.7 Å². The van der Waals surface area contributed by atoms with Gasteiger partial charge in [0.15, 0.2) is 5.82 Å². The number of nitrogens with zero attached hydrogens (tertiary/aromatic N) is 6. The second-order valence-corrected chi connectivity index (χ2v) is 18.2. The van der Waals surface area contributed by atoms with E-state index in [9.17, 15) is 24.0 Å². The fourth-order valence-corrected chi connectivity index (χ4v) is 10.8. The number of aromatic nitrogens is 3. The molecule has 16 heteroatoms. The molecule has 3 N–H and O–H groups in total. The number of imide groups is 2. The van der Waals surface area contributed by atoms with Crippen LogP contribution < -0.4 is 20.9 Å². The first-order valence-electron chi connectivity index (χ1n) is 20.6. The highest BCUT2D eigenvalue weighted by Crippen LogP contribution is 2.43. The summed E-state index contributed by atoms with van der Waals surface area (Å²) in [6.45, 7) is 10.1. The van der Waals surface area contributed by atoms with Gasteiger partial charge in [-0.25, -0.2) is 0 Å². The Morgan fingerprint density at radius 3 is 2.46 bits per heavy atom. The van der Waals surface area contributed by atoms with Crippen molar-refractivity contribution in [2.45, 2.75) is 89.9 Å². The Morgan fingerprint density at radius 2 is 1.69 bits per heavy atom. The molecule has 0 aliphatic carbocycles.